The number of halogens is 1. The van der Waals surface area contributed by atoms with Crippen molar-refractivity contribution in [3.8, 4) is 11.1 Å². The summed E-state index contributed by atoms with van der Waals surface area (Å²) in [6, 6.07) is 1.42. The number of hydrogen-bond donors (Lipinski definition) is 2. The summed E-state index contributed by atoms with van der Waals surface area (Å²) in [4.78, 5) is 15.5. The van der Waals surface area contributed by atoms with Crippen molar-refractivity contribution < 1.29 is 5.82 Å². The Morgan fingerprint density at radius 3 is 3.00 bits per heavy atom. The fourth-order valence-electron chi connectivity index (χ4n) is 2.02. The van der Waals surface area contributed by atoms with Crippen molar-refractivity contribution in [1.82, 2.24) is 19.9 Å². The Balaban J connectivity index is 0.00000161. The van der Waals surface area contributed by atoms with Crippen LogP contribution in [0.2, 0.25) is 0 Å². The molecule has 0 aliphatic rings. The molecule has 3 heterocycles. The van der Waals surface area contributed by atoms with Gasteiger partial charge in [0, 0.05) is 36.5 Å². The van der Waals surface area contributed by atoms with Crippen LogP contribution in [0.15, 0.2) is 37.4 Å². The summed E-state index contributed by atoms with van der Waals surface area (Å²) < 4.78 is 13.9. The second-order valence-electron chi connectivity index (χ2n) is 4.28. The highest BCUT2D eigenvalue weighted by atomic mass is 19.1. The lowest BCUT2D eigenvalue weighted by atomic mass is 10.1. The molecule has 5 nitrogen and oxygen atoms in total. The van der Waals surface area contributed by atoms with Crippen molar-refractivity contribution in [2.75, 3.05) is 5.32 Å². The summed E-state index contributed by atoms with van der Waals surface area (Å²) in [5.41, 5.74) is 2.20. The quantitative estimate of drug-likeness (QED) is 0.767. The second kappa shape index (κ2) is 4.73. The van der Waals surface area contributed by atoms with Crippen LogP contribution in [0.5, 0.6) is 0 Å². The van der Waals surface area contributed by atoms with E-state index >= 15 is 0 Å². The topological polar surface area (TPSA) is 66.5 Å². The molecule has 3 rings (SSSR count). The molecule has 0 unspecified atom stereocenters. The maximum atomic E-state index is 13.9. The molecule has 0 aromatic carbocycles. The van der Waals surface area contributed by atoms with Gasteiger partial charge >= 0.3 is 0 Å². The van der Waals surface area contributed by atoms with Gasteiger partial charge in [0.25, 0.3) is 0 Å². The third-order valence-corrected chi connectivity index (χ3v) is 2.94. The van der Waals surface area contributed by atoms with Gasteiger partial charge < -0.3 is 10.3 Å². The number of aryl methyl sites for hydroxylation is 1. The van der Waals surface area contributed by atoms with E-state index in [0.29, 0.717) is 11.4 Å². The number of hydrogen-bond acceptors (Lipinski definition) is 4. The predicted molar refractivity (Wildman–Crippen MR) is 77.7 cm³/mol. The molecular weight excluding hydrogens is 257 g/mol. The summed E-state index contributed by atoms with van der Waals surface area (Å²) in [5, 5.41) is 3.47. The largest absolute Gasteiger partial charge is 0.345 e. The van der Waals surface area contributed by atoms with Gasteiger partial charge in [0.15, 0.2) is 11.6 Å². The third kappa shape index (κ3) is 2.01. The predicted octanol–water partition coefficient (Wildman–Crippen LogP) is 3.27. The van der Waals surface area contributed by atoms with E-state index in [1.54, 1.807) is 18.6 Å². The number of aromatic nitrogens is 4. The molecule has 0 aliphatic heterocycles. The average Bonchev–Trinajstić information content (AvgIpc) is 2.84. The minimum Gasteiger partial charge on any atom is -0.345 e. The van der Waals surface area contributed by atoms with E-state index in [4.69, 9.17) is 0 Å². The van der Waals surface area contributed by atoms with E-state index in [1.807, 2.05) is 6.92 Å². The lowest BCUT2D eigenvalue weighted by Crippen LogP contribution is -1.95. The van der Waals surface area contributed by atoms with Gasteiger partial charge in [-0.05, 0) is 19.2 Å². The Labute approximate surface area is 116 Å². The van der Waals surface area contributed by atoms with Crippen LogP contribution in [0.3, 0.4) is 0 Å². The Bertz CT molecular complexity index is 799. The summed E-state index contributed by atoms with van der Waals surface area (Å²) in [7, 11) is 0. The summed E-state index contributed by atoms with van der Waals surface area (Å²) in [5.74, 6) is 0.390. The van der Waals surface area contributed by atoms with Crippen LogP contribution in [0, 0.1) is 12.7 Å². The molecule has 0 aliphatic carbocycles. The van der Waals surface area contributed by atoms with Crippen LogP contribution < -0.4 is 5.32 Å². The number of nitrogens with one attached hydrogen (secondary N) is 2. The fourth-order valence-corrected chi connectivity index (χ4v) is 2.02. The molecule has 2 N–H and O–H groups in total. The van der Waals surface area contributed by atoms with Crippen molar-refractivity contribution in [2.45, 2.75) is 6.92 Å². The van der Waals surface area contributed by atoms with Crippen molar-refractivity contribution in [2.24, 2.45) is 0 Å². The van der Waals surface area contributed by atoms with Crippen LogP contribution in [-0.4, -0.2) is 19.9 Å². The molecule has 0 radical (unpaired) electrons. The summed E-state index contributed by atoms with van der Waals surface area (Å²) in [6.07, 6.45) is 6.47. The van der Waals surface area contributed by atoms with Crippen molar-refractivity contribution >= 4 is 16.9 Å². The van der Waals surface area contributed by atoms with Crippen LogP contribution in [0.1, 0.15) is 7.25 Å². The van der Waals surface area contributed by atoms with E-state index in [9.17, 15) is 4.39 Å². The number of anilines is 1. The molecular formula is C14H14FN5. The molecule has 3 aromatic rings. The molecule has 0 saturated heterocycles. The van der Waals surface area contributed by atoms with Gasteiger partial charge in [-0.15, -0.1) is 0 Å². The third-order valence-electron chi connectivity index (χ3n) is 2.94. The number of rotatable bonds is 3. The number of H-pyrrole nitrogens is 1. The van der Waals surface area contributed by atoms with Gasteiger partial charge in [-0.25, -0.2) is 19.3 Å². The monoisotopic (exact) mass is 271 g/mol. The Morgan fingerprint density at radius 2 is 2.25 bits per heavy atom. The van der Waals surface area contributed by atoms with E-state index in [0.717, 1.165) is 16.6 Å². The van der Waals surface area contributed by atoms with Crippen LogP contribution in [0.4, 0.5) is 10.2 Å². The molecule has 0 saturated carbocycles. The molecule has 20 heavy (non-hydrogen) atoms. The number of fused-ring (bicyclic) bond motifs is 1. The highest BCUT2D eigenvalue weighted by Gasteiger charge is 2.11. The zero-order chi connectivity index (χ0) is 14.1. The Hall–Kier alpha value is -2.76. The zero-order valence-corrected chi connectivity index (χ0v) is 10.8. The molecule has 0 amide bonds. The SMILES string of the molecule is C=CNc1ncc(-c2c[nH]c3nc(C)ncc23)cc1F.[HH]. The molecule has 0 bridgehead atoms. The van der Waals surface area contributed by atoms with E-state index in [1.165, 1.54) is 12.3 Å². The van der Waals surface area contributed by atoms with Crippen LogP contribution in [0.25, 0.3) is 22.2 Å². The van der Waals surface area contributed by atoms with Crippen molar-refractivity contribution in [3.63, 3.8) is 0 Å². The van der Waals surface area contributed by atoms with Gasteiger partial charge in [-0.3, -0.25) is 0 Å². The van der Waals surface area contributed by atoms with E-state index in [-0.39, 0.29) is 7.24 Å². The van der Waals surface area contributed by atoms with Gasteiger partial charge in [-0.2, -0.15) is 0 Å². The van der Waals surface area contributed by atoms with Gasteiger partial charge in [-0.1, -0.05) is 6.58 Å². The average molecular weight is 271 g/mol. The van der Waals surface area contributed by atoms with Gasteiger partial charge in [0.2, 0.25) is 0 Å². The number of pyridine rings is 1. The van der Waals surface area contributed by atoms with Crippen LogP contribution in [-0.2, 0) is 0 Å². The zero-order valence-electron chi connectivity index (χ0n) is 10.8. The maximum absolute atomic E-state index is 13.9. The second-order valence-corrected chi connectivity index (χ2v) is 4.28. The first-order valence-electron chi connectivity index (χ1n) is 6.03. The minimum atomic E-state index is -0.440. The first-order chi connectivity index (χ1) is 9.69. The minimum absolute atomic E-state index is 0. The highest BCUT2D eigenvalue weighted by molar-refractivity contribution is 5.92. The van der Waals surface area contributed by atoms with Crippen LogP contribution >= 0.6 is 0 Å². The van der Waals surface area contributed by atoms with Crippen molar-refractivity contribution in [1.29, 1.82) is 0 Å². The normalized spacial score (nSPS) is 10.7. The summed E-state index contributed by atoms with van der Waals surface area (Å²) >= 11 is 0. The van der Waals surface area contributed by atoms with Crippen molar-refractivity contribution in [3.05, 3.63) is 49.1 Å². The fraction of sp³-hybridized carbons (Fsp3) is 0.0714. The molecule has 0 spiro atoms. The molecule has 102 valence electrons. The smallest absolute Gasteiger partial charge is 0.166 e. The summed E-state index contributed by atoms with van der Waals surface area (Å²) in [6.45, 7) is 5.30. The first-order valence-corrected chi connectivity index (χ1v) is 6.03. The number of aromatic amines is 1. The van der Waals surface area contributed by atoms with E-state index < -0.39 is 5.82 Å². The molecule has 0 fully saturated rings. The van der Waals surface area contributed by atoms with Gasteiger partial charge in [0.05, 0.1) is 0 Å². The Kier molecular flexibility index (Phi) is 2.90. The molecule has 3 aromatic heterocycles. The lowest BCUT2D eigenvalue weighted by molar-refractivity contribution is 0.627. The standard InChI is InChI=1S/C14H12FN5.H2/c1-3-16-14-12(15)4-9(5-18-14)10-6-19-13-11(10)7-17-8(2)20-13;/h3-7H,1H2,2H3,(H,16,18)(H,17,19,20);1H. The lowest BCUT2D eigenvalue weighted by Gasteiger charge is -2.04. The number of nitrogens with zero attached hydrogens (tertiary/aromatic N) is 3. The molecule has 6 heteroatoms. The highest BCUT2D eigenvalue weighted by Crippen LogP contribution is 2.28. The Morgan fingerprint density at radius 1 is 1.40 bits per heavy atom. The van der Waals surface area contributed by atoms with E-state index in [2.05, 4.69) is 31.8 Å². The maximum Gasteiger partial charge on any atom is 0.166 e. The first kappa shape index (κ1) is 12.3. The molecule has 0 atom stereocenters. The van der Waals surface area contributed by atoms with Gasteiger partial charge in [0.1, 0.15) is 11.5 Å².